The van der Waals surface area contributed by atoms with Crippen molar-refractivity contribution in [3.8, 4) is 0 Å². The Balaban J connectivity index is 2.19. The smallest absolute Gasteiger partial charge is 0.338 e. The van der Waals surface area contributed by atoms with E-state index in [9.17, 15) is 9.18 Å². The molecule has 1 fully saturated rings. The summed E-state index contributed by atoms with van der Waals surface area (Å²) in [4.78, 5) is 24.5. The fourth-order valence-corrected chi connectivity index (χ4v) is 3.85. The number of ether oxygens (including phenoxy) is 2. The van der Waals surface area contributed by atoms with Crippen molar-refractivity contribution in [3.05, 3.63) is 72.4 Å². The van der Waals surface area contributed by atoms with Gasteiger partial charge < -0.3 is 14.8 Å². The van der Waals surface area contributed by atoms with Crippen LogP contribution in [0.2, 0.25) is 0 Å². The van der Waals surface area contributed by atoms with Crippen LogP contribution in [-0.4, -0.2) is 61.9 Å². The van der Waals surface area contributed by atoms with Crippen molar-refractivity contribution in [3.63, 3.8) is 0 Å². The zero-order valence-electron chi connectivity index (χ0n) is 18.6. The molecule has 0 aliphatic carbocycles. The van der Waals surface area contributed by atoms with E-state index in [1.165, 1.54) is 18.3 Å². The molecule has 0 aromatic heterocycles. The second-order valence-electron chi connectivity index (χ2n) is 7.53. The zero-order chi connectivity index (χ0) is 23.1. The van der Waals surface area contributed by atoms with E-state index >= 15 is 0 Å². The van der Waals surface area contributed by atoms with Crippen molar-refractivity contribution in [1.29, 1.82) is 0 Å². The van der Waals surface area contributed by atoms with E-state index in [0.717, 1.165) is 13.1 Å². The molecule has 0 bridgehead atoms. The molecule has 1 N–H and O–H groups in total. The number of morpholine rings is 1. The summed E-state index contributed by atoms with van der Waals surface area (Å²) in [6, 6.07) is 5.97. The largest absolute Gasteiger partial charge is 0.463 e. The van der Waals surface area contributed by atoms with Crippen LogP contribution in [0.5, 0.6) is 0 Å². The minimum atomic E-state index is -1.13. The summed E-state index contributed by atoms with van der Waals surface area (Å²) in [6.07, 6.45) is 2.98. The molecule has 2 aliphatic rings. The number of nitrogens with one attached hydrogen (secondary N) is 1. The summed E-state index contributed by atoms with van der Waals surface area (Å²) >= 11 is 0. The highest BCUT2D eigenvalue weighted by atomic mass is 19.1. The van der Waals surface area contributed by atoms with Crippen molar-refractivity contribution in [2.24, 2.45) is 9.98 Å². The summed E-state index contributed by atoms with van der Waals surface area (Å²) in [5.41, 5.74) is 1.04. The van der Waals surface area contributed by atoms with E-state index < -0.39 is 11.5 Å². The standard InChI is InChI=1S/C24H29FN4O3/c1-5-19(26-6-2)22-27-20(16-29-12-14-31-15-13-29)21(23(30)32-7-3)24(4,28-22)17-8-10-18(25)11-9-17/h5-6,8-11H,1-2,7,12-16H2,3-4H3,(H,27,28). The highest BCUT2D eigenvalue weighted by Gasteiger charge is 2.42. The molecule has 0 radical (unpaired) electrons. The van der Waals surface area contributed by atoms with Gasteiger partial charge in [0.2, 0.25) is 0 Å². The van der Waals surface area contributed by atoms with Gasteiger partial charge in [-0.1, -0.05) is 25.3 Å². The van der Waals surface area contributed by atoms with Crippen molar-refractivity contribution < 1.29 is 18.7 Å². The molecule has 170 valence electrons. The summed E-state index contributed by atoms with van der Waals surface area (Å²) in [7, 11) is 0. The molecule has 1 unspecified atom stereocenters. The lowest BCUT2D eigenvalue weighted by atomic mass is 9.82. The van der Waals surface area contributed by atoms with E-state index in [4.69, 9.17) is 14.5 Å². The van der Waals surface area contributed by atoms with E-state index in [0.29, 0.717) is 48.1 Å². The number of benzene rings is 1. The van der Waals surface area contributed by atoms with E-state index in [-0.39, 0.29) is 12.4 Å². The minimum absolute atomic E-state index is 0.221. The van der Waals surface area contributed by atoms with Crippen molar-refractivity contribution >= 4 is 17.5 Å². The quantitative estimate of drug-likeness (QED) is 0.497. The highest BCUT2D eigenvalue weighted by molar-refractivity contribution is 6.46. The molecule has 32 heavy (non-hydrogen) atoms. The van der Waals surface area contributed by atoms with E-state index in [1.807, 2.05) is 6.92 Å². The van der Waals surface area contributed by atoms with Crippen LogP contribution >= 0.6 is 0 Å². The number of hydrogen-bond donors (Lipinski definition) is 1. The molecule has 2 aliphatic heterocycles. The first-order valence-electron chi connectivity index (χ1n) is 10.6. The monoisotopic (exact) mass is 440 g/mol. The van der Waals surface area contributed by atoms with Gasteiger partial charge in [0.05, 0.1) is 25.4 Å². The molecule has 1 aromatic rings. The highest BCUT2D eigenvalue weighted by Crippen LogP contribution is 2.38. The number of esters is 1. The Morgan fingerprint density at radius 1 is 1.34 bits per heavy atom. The molecule has 3 rings (SSSR count). The van der Waals surface area contributed by atoms with Gasteiger partial charge in [0.15, 0.2) is 5.84 Å². The van der Waals surface area contributed by atoms with E-state index in [1.54, 1.807) is 25.1 Å². The lowest BCUT2D eigenvalue weighted by molar-refractivity contribution is -0.139. The Hall–Kier alpha value is -3.10. The van der Waals surface area contributed by atoms with E-state index in [2.05, 4.69) is 28.4 Å². The van der Waals surface area contributed by atoms with Crippen LogP contribution in [0.4, 0.5) is 4.39 Å². The molecule has 7 nitrogen and oxygen atoms in total. The van der Waals surface area contributed by atoms with Crippen LogP contribution in [0.15, 0.2) is 71.0 Å². The van der Waals surface area contributed by atoms with Crippen LogP contribution in [0.3, 0.4) is 0 Å². The number of rotatable bonds is 8. The Kier molecular flexibility index (Phi) is 7.71. The molecule has 2 heterocycles. The summed E-state index contributed by atoms with van der Waals surface area (Å²) in [5.74, 6) is -0.396. The minimum Gasteiger partial charge on any atom is -0.463 e. The van der Waals surface area contributed by atoms with Crippen LogP contribution in [-0.2, 0) is 19.8 Å². The Morgan fingerprint density at radius 3 is 2.62 bits per heavy atom. The zero-order valence-corrected chi connectivity index (χ0v) is 18.6. The molecule has 1 aromatic carbocycles. The number of nitrogens with zero attached hydrogens (tertiary/aromatic N) is 3. The number of aliphatic imine (C=N–C) groups is 2. The van der Waals surface area contributed by atoms with Crippen LogP contribution in [0.1, 0.15) is 19.4 Å². The molecule has 0 spiro atoms. The lowest BCUT2D eigenvalue weighted by Gasteiger charge is -2.37. The van der Waals surface area contributed by atoms with Gasteiger partial charge in [-0.2, -0.15) is 0 Å². The predicted octanol–water partition coefficient (Wildman–Crippen LogP) is 2.96. The van der Waals surface area contributed by atoms with Gasteiger partial charge in [-0.05, 0) is 37.6 Å². The van der Waals surface area contributed by atoms with Crippen molar-refractivity contribution in [2.75, 3.05) is 39.5 Å². The first kappa shape index (κ1) is 23.6. The number of halogens is 1. The lowest BCUT2D eigenvalue weighted by Crippen LogP contribution is -2.48. The maximum atomic E-state index is 13.7. The summed E-state index contributed by atoms with van der Waals surface area (Å²) in [5, 5.41) is 3.28. The second-order valence-corrected chi connectivity index (χ2v) is 7.53. The molecular formula is C24H29FN4O3. The fraction of sp³-hybridized carbons (Fsp3) is 0.375. The average molecular weight is 441 g/mol. The van der Waals surface area contributed by atoms with Gasteiger partial charge >= 0.3 is 5.97 Å². The molecule has 0 amide bonds. The molecule has 8 heteroatoms. The topological polar surface area (TPSA) is 75.5 Å². The normalized spacial score (nSPS) is 22.1. The van der Waals surface area contributed by atoms with Crippen LogP contribution < -0.4 is 5.32 Å². The Morgan fingerprint density at radius 2 is 2.03 bits per heavy atom. The number of carbonyl (C=O) groups is 1. The Labute approximate surface area is 188 Å². The fourth-order valence-electron chi connectivity index (χ4n) is 3.85. The van der Waals surface area contributed by atoms with Gasteiger partial charge in [0.25, 0.3) is 0 Å². The third-order valence-electron chi connectivity index (χ3n) is 5.43. The van der Waals surface area contributed by atoms with Gasteiger partial charge in [0.1, 0.15) is 17.1 Å². The molecule has 0 saturated carbocycles. The number of hydrogen-bond acceptors (Lipinski definition) is 7. The summed E-state index contributed by atoms with van der Waals surface area (Å²) < 4.78 is 24.6. The molecular weight excluding hydrogens is 411 g/mol. The third-order valence-corrected chi connectivity index (χ3v) is 5.43. The maximum Gasteiger partial charge on any atom is 0.338 e. The average Bonchev–Trinajstić information content (AvgIpc) is 2.78. The molecule has 1 saturated heterocycles. The van der Waals surface area contributed by atoms with Gasteiger partial charge in [-0.15, -0.1) is 0 Å². The van der Waals surface area contributed by atoms with Crippen LogP contribution in [0, 0.1) is 5.82 Å². The molecule has 1 atom stereocenters. The third kappa shape index (κ3) is 5.03. The maximum absolute atomic E-state index is 13.7. The Bertz CT molecular complexity index is 962. The van der Waals surface area contributed by atoms with Crippen molar-refractivity contribution in [2.45, 2.75) is 19.4 Å². The van der Waals surface area contributed by atoms with Gasteiger partial charge in [0, 0.05) is 31.5 Å². The van der Waals surface area contributed by atoms with Gasteiger partial charge in [-0.25, -0.2) is 14.2 Å². The van der Waals surface area contributed by atoms with Crippen LogP contribution in [0.25, 0.3) is 0 Å². The SMILES string of the molecule is C=CN=C(C=C)C1=NC(C)(c2ccc(F)cc2)C(C(=O)OCC)=C(CN2CCOCC2)N1. The second kappa shape index (κ2) is 10.5. The predicted molar refractivity (Wildman–Crippen MR) is 123 cm³/mol. The van der Waals surface area contributed by atoms with Crippen molar-refractivity contribution in [1.82, 2.24) is 10.2 Å². The van der Waals surface area contributed by atoms with Gasteiger partial charge in [-0.3, -0.25) is 9.89 Å². The number of amidine groups is 1. The number of carbonyl (C=O) groups excluding carboxylic acids is 1. The first-order chi connectivity index (χ1) is 15.4. The summed E-state index contributed by atoms with van der Waals surface area (Å²) in [6.45, 7) is 14.5. The first-order valence-corrected chi connectivity index (χ1v) is 10.6.